The number of imide groups is 1. The first-order valence-corrected chi connectivity index (χ1v) is 12.3. The van der Waals surface area contributed by atoms with Crippen molar-refractivity contribution >= 4 is 46.3 Å². The van der Waals surface area contributed by atoms with Crippen LogP contribution in [0.1, 0.15) is 29.5 Å². The maximum absolute atomic E-state index is 13.0. The molecule has 8 nitrogen and oxygen atoms in total. The molecule has 2 heterocycles. The number of hydrogen-bond donors (Lipinski definition) is 1. The largest absolute Gasteiger partial charge is 0.496 e. The molecule has 184 valence electrons. The molecule has 0 bridgehead atoms. The van der Waals surface area contributed by atoms with Crippen molar-refractivity contribution in [3.63, 3.8) is 0 Å². The summed E-state index contributed by atoms with van der Waals surface area (Å²) in [5, 5.41) is 2.26. The smallest absolute Gasteiger partial charge is 0.294 e. The number of benzene rings is 2. The average molecular weight is 496 g/mol. The zero-order valence-electron chi connectivity index (χ0n) is 20.3. The molecule has 2 aromatic rings. The number of anilines is 2. The molecular formula is C26H29N3O5S. The second-order valence-corrected chi connectivity index (χ2v) is 9.57. The zero-order chi connectivity index (χ0) is 25.1. The van der Waals surface area contributed by atoms with E-state index < -0.39 is 17.1 Å². The lowest BCUT2D eigenvalue weighted by atomic mass is 10.1. The van der Waals surface area contributed by atoms with Crippen molar-refractivity contribution in [2.45, 2.75) is 26.7 Å². The van der Waals surface area contributed by atoms with E-state index in [9.17, 15) is 14.4 Å². The molecule has 0 saturated carbocycles. The second-order valence-electron chi connectivity index (χ2n) is 8.58. The van der Waals surface area contributed by atoms with E-state index in [0.717, 1.165) is 59.4 Å². The van der Waals surface area contributed by atoms with Gasteiger partial charge in [0.2, 0.25) is 5.91 Å². The zero-order valence-corrected chi connectivity index (χ0v) is 21.2. The molecule has 0 aromatic heterocycles. The Morgan fingerprint density at radius 1 is 1.03 bits per heavy atom. The maximum Gasteiger partial charge on any atom is 0.294 e. The Morgan fingerprint density at radius 2 is 1.74 bits per heavy atom. The Hall–Kier alpha value is -3.46. The van der Waals surface area contributed by atoms with E-state index in [0.29, 0.717) is 22.7 Å². The second kappa shape index (κ2) is 10.4. The number of nitrogens with one attached hydrogen (secondary N) is 1. The van der Waals surface area contributed by atoms with E-state index in [1.54, 1.807) is 26.4 Å². The minimum absolute atomic E-state index is 0.225. The van der Waals surface area contributed by atoms with Gasteiger partial charge >= 0.3 is 0 Å². The number of ether oxygens (including phenoxy) is 2. The fraction of sp³-hybridized carbons (Fsp3) is 0.346. The van der Waals surface area contributed by atoms with Crippen LogP contribution in [-0.4, -0.2) is 55.8 Å². The molecular weight excluding hydrogens is 466 g/mol. The molecule has 2 fully saturated rings. The Labute approximate surface area is 209 Å². The highest BCUT2D eigenvalue weighted by atomic mass is 32.2. The van der Waals surface area contributed by atoms with E-state index in [4.69, 9.17) is 9.47 Å². The Balaban J connectivity index is 1.53. The van der Waals surface area contributed by atoms with Crippen LogP contribution in [0.15, 0.2) is 35.2 Å². The van der Waals surface area contributed by atoms with Crippen molar-refractivity contribution in [1.82, 2.24) is 4.90 Å². The molecule has 0 aliphatic carbocycles. The number of hydrogen-bond acceptors (Lipinski definition) is 7. The number of aryl methyl sites for hydroxylation is 2. The van der Waals surface area contributed by atoms with E-state index in [2.05, 4.69) is 10.2 Å². The SMILES string of the molecule is COc1cc(N2CCCC2)c(OC)cc1/C=C1/SC(=O)N(CC(=O)Nc2ccc(C)c(C)c2)C1=O. The standard InChI is InChI=1S/C26H29N3O5S/c1-16-7-8-19(11-17(16)2)27-24(30)15-29-25(31)23(35-26(29)32)13-18-12-22(34-4)20(14-21(18)33-3)28-9-5-6-10-28/h7-8,11-14H,5-6,9-10,15H2,1-4H3,(H,27,30)/b23-13+. The quantitative estimate of drug-likeness (QED) is 0.562. The van der Waals surface area contributed by atoms with Crippen LogP contribution in [0.2, 0.25) is 0 Å². The van der Waals surface area contributed by atoms with Gasteiger partial charge in [-0.2, -0.15) is 0 Å². The van der Waals surface area contributed by atoms with Crippen LogP contribution < -0.4 is 19.7 Å². The topological polar surface area (TPSA) is 88.2 Å². The van der Waals surface area contributed by atoms with Crippen LogP contribution in [0.3, 0.4) is 0 Å². The van der Waals surface area contributed by atoms with Crippen LogP contribution in [0.25, 0.3) is 6.08 Å². The summed E-state index contributed by atoms with van der Waals surface area (Å²) in [5.74, 6) is 0.295. The molecule has 35 heavy (non-hydrogen) atoms. The number of thioether (sulfide) groups is 1. The van der Waals surface area contributed by atoms with Gasteiger partial charge in [-0.1, -0.05) is 6.07 Å². The predicted octanol–water partition coefficient (Wildman–Crippen LogP) is 4.60. The highest BCUT2D eigenvalue weighted by Gasteiger charge is 2.36. The molecule has 1 N–H and O–H groups in total. The summed E-state index contributed by atoms with van der Waals surface area (Å²) in [5.41, 5.74) is 4.33. The van der Waals surface area contributed by atoms with E-state index >= 15 is 0 Å². The minimum atomic E-state index is -0.514. The molecule has 9 heteroatoms. The summed E-state index contributed by atoms with van der Waals surface area (Å²) in [6.07, 6.45) is 3.86. The summed E-state index contributed by atoms with van der Waals surface area (Å²) >= 11 is 0.803. The fourth-order valence-corrected chi connectivity index (χ4v) is 4.99. The summed E-state index contributed by atoms with van der Waals surface area (Å²) in [6, 6.07) is 9.26. The number of nitrogens with zero attached hydrogens (tertiary/aromatic N) is 2. The van der Waals surface area contributed by atoms with E-state index in [1.165, 1.54) is 0 Å². The molecule has 2 aliphatic rings. The third-order valence-corrected chi connectivity index (χ3v) is 7.14. The first kappa shape index (κ1) is 24.7. The van der Waals surface area contributed by atoms with Crippen LogP contribution in [0.4, 0.5) is 16.2 Å². The Morgan fingerprint density at radius 3 is 2.40 bits per heavy atom. The number of carbonyl (C=O) groups is 3. The average Bonchev–Trinajstić information content (AvgIpc) is 3.46. The van der Waals surface area contributed by atoms with Gasteiger partial charge in [-0.05, 0) is 73.9 Å². The Kier molecular flexibility index (Phi) is 7.35. The van der Waals surface area contributed by atoms with Gasteiger partial charge in [0, 0.05) is 30.4 Å². The van der Waals surface area contributed by atoms with Gasteiger partial charge in [0.05, 0.1) is 24.8 Å². The van der Waals surface area contributed by atoms with Crippen LogP contribution >= 0.6 is 11.8 Å². The van der Waals surface area contributed by atoms with Gasteiger partial charge < -0.3 is 19.7 Å². The van der Waals surface area contributed by atoms with Crippen molar-refractivity contribution in [3.8, 4) is 11.5 Å². The van der Waals surface area contributed by atoms with E-state index in [-0.39, 0.29) is 11.4 Å². The molecule has 0 radical (unpaired) electrons. The van der Waals surface area contributed by atoms with Crippen molar-refractivity contribution in [1.29, 1.82) is 0 Å². The fourth-order valence-electron chi connectivity index (χ4n) is 4.16. The highest BCUT2D eigenvalue weighted by molar-refractivity contribution is 8.18. The third kappa shape index (κ3) is 5.30. The first-order valence-electron chi connectivity index (χ1n) is 11.4. The third-order valence-electron chi connectivity index (χ3n) is 6.23. The number of rotatable bonds is 7. The van der Waals surface area contributed by atoms with Gasteiger partial charge in [-0.25, -0.2) is 0 Å². The maximum atomic E-state index is 13.0. The van der Waals surface area contributed by atoms with Crippen molar-refractivity contribution in [2.24, 2.45) is 0 Å². The van der Waals surface area contributed by atoms with Crippen LogP contribution in [0.5, 0.6) is 11.5 Å². The number of methoxy groups -OCH3 is 2. The number of carbonyl (C=O) groups excluding carboxylic acids is 3. The monoisotopic (exact) mass is 495 g/mol. The predicted molar refractivity (Wildman–Crippen MR) is 138 cm³/mol. The van der Waals surface area contributed by atoms with Gasteiger partial charge in [0.15, 0.2) is 0 Å². The molecule has 0 unspecified atom stereocenters. The lowest BCUT2D eigenvalue weighted by molar-refractivity contribution is -0.127. The van der Waals surface area contributed by atoms with Crippen LogP contribution in [-0.2, 0) is 9.59 Å². The molecule has 2 aromatic carbocycles. The molecule has 4 rings (SSSR count). The Bertz CT molecular complexity index is 1200. The van der Waals surface area contributed by atoms with Crippen LogP contribution in [0, 0.1) is 13.8 Å². The van der Waals surface area contributed by atoms with E-state index in [1.807, 2.05) is 38.1 Å². The van der Waals surface area contributed by atoms with Crippen molar-refractivity contribution in [3.05, 3.63) is 51.9 Å². The minimum Gasteiger partial charge on any atom is -0.496 e. The van der Waals surface area contributed by atoms with Gasteiger partial charge in [0.25, 0.3) is 11.1 Å². The summed E-state index contributed by atoms with van der Waals surface area (Å²) in [4.78, 5) is 41.5. The number of amides is 3. The lowest BCUT2D eigenvalue weighted by Crippen LogP contribution is -2.36. The van der Waals surface area contributed by atoms with Gasteiger partial charge in [-0.3, -0.25) is 19.3 Å². The summed E-state index contributed by atoms with van der Waals surface area (Å²) < 4.78 is 11.2. The van der Waals surface area contributed by atoms with Crippen molar-refractivity contribution < 1.29 is 23.9 Å². The van der Waals surface area contributed by atoms with Crippen molar-refractivity contribution in [2.75, 3.05) is 44.1 Å². The molecule has 0 atom stereocenters. The molecule has 0 spiro atoms. The molecule has 2 aliphatic heterocycles. The first-order chi connectivity index (χ1) is 16.8. The normalized spacial score (nSPS) is 16.9. The summed E-state index contributed by atoms with van der Waals surface area (Å²) in [7, 11) is 3.17. The highest BCUT2D eigenvalue weighted by Crippen LogP contribution is 2.40. The molecule has 3 amide bonds. The van der Waals surface area contributed by atoms with Gasteiger partial charge in [-0.15, -0.1) is 0 Å². The summed E-state index contributed by atoms with van der Waals surface area (Å²) in [6.45, 7) is 5.47. The van der Waals surface area contributed by atoms with Gasteiger partial charge in [0.1, 0.15) is 18.0 Å². The lowest BCUT2D eigenvalue weighted by Gasteiger charge is -2.22. The molecule has 2 saturated heterocycles.